The molecule has 0 aliphatic rings. The highest BCUT2D eigenvalue weighted by Gasteiger charge is 2.12. The number of hydrogen-bond donors (Lipinski definition) is 2. The Kier molecular flexibility index (Phi) is 5.17. The summed E-state index contributed by atoms with van der Waals surface area (Å²) in [5, 5.41) is 12.1. The normalized spacial score (nSPS) is 10.5. The maximum Gasteiger partial charge on any atom is 0.260 e. The zero-order chi connectivity index (χ0) is 20.2. The standard InChI is InChI=1S/C21H17N5O2S/c1-14(27)23-17-9-7-15(8-10-17)19-13-29-21(24-19)25-20(28)16-11-22-26(12-16)18-5-3-2-4-6-18/h2-13H,1H3,(H,23,27)(H,24,25,28). The SMILES string of the molecule is CC(=O)Nc1ccc(-c2csc(NC(=O)c3cnn(-c4ccccc4)c3)n2)cc1. The van der Waals surface area contributed by atoms with Gasteiger partial charge >= 0.3 is 0 Å². The zero-order valence-corrected chi connectivity index (χ0v) is 16.3. The van der Waals surface area contributed by atoms with Crippen LogP contribution in [0.5, 0.6) is 0 Å². The lowest BCUT2D eigenvalue weighted by atomic mass is 10.1. The monoisotopic (exact) mass is 403 g/mol. The zero-order valence-electron chi connectivity index (χ0n) is 15.5. The average molecular weight is 403 g/mol. The number of anilines is 2. The van der Waals surface area contributed by atoms with Gasteiger partial charge in [-0.05, 0) is 24.3 Å². The van der Waals surface area contributed by atoms with Crippen molar-refractivity contribution in [1.29, 1.82) is 0 Å². The number of carbonyl (C=O) groups excluding carboxylic acids is 2. The Morgan fingerprint density at radius 3 is 2.48 bits per heavy atom. The highest BCUT2D eigenvalue weighted by molar-refractivity contribution is 7.14. The molecule has 4 aromatic rings. The lowest BCUT2D eigenvalue weighted by Crippen LogP contribution is -2.10. The third-order valence-electron chi connectivity index (χ3n) is 4.09. The van der Waals surface area contributed by atoms with Crippen LogP contribution in [-0.4, -0.2) is 26.6 Å². The molecule has 0 atom stereocenters. The molecule has 2 N–H and O–H groups in total. The van der Waals surface area contributed by atoms with Gasteiger partial charge in [-0.3, -0.25) is 14.9 Å². The van der Waals surface area contributed by atoms with E-state index in [2.05, 4.69) is 20.7 Å². The number of rotatable bonds is 5. The molecule has 0 fully saturated rings. The van der Waals surface area contributed by atoms with Crippen molar-refractivity contribution in [3.63, 3.8) is 0 Å². The first kappa shape index (κ1) is 18.6. The van der Waals surface area contributed by atoms with Gasteiger partial charge in [0.25, 0.3) is 5.91 Å². The Balaban J connectivity index is 1.44. The quantitative estimate of drug-likeness (QED) is 0.522. The number of nitrogens with zero attached hydrogens (tertiary/aromatic N) is 3. The van der Waals surface area contributed by atoms with Crippen molar-refractivity contribution >= 4 is 34.0 Å². The number of para-hydroxylation sites is 1. The molecule has 0 aliphatic carbocycles. The minimum atomic E-state index is -0.269. The molecule has 144 valence electrons. The van der Waals surface area contributed by atoms with Crippen LogP contribution in [0, 0.1) is 0 Å². The molecule has 29 heavy (non-hydrogen) atoms. The van der Waals surface area contributed by atoms with E-state index in [9.17, 15) is 9.59 Å². The van der Waals surface area contributed by atoms with Crippen LogP contribution in [0.4, 0.5) is 10.8 Å². The second-order valence-corrected chi connectivity index (χ2v) is 7.12. The van der Waals surface area contributed by atoms with Gasteiger partial charge in [0.2, 0.25) is 5.91 Å². The summed E-state index contributed by atoms with van der Waals surface area (Å²) >= 11 is 1.35. The van der Waals surface area contributed by atoms with Crippen molar-refractivity contribution < 1.29 is 9.59 Å². The van der Waals surface area contributed by atoms with Crippen LogP contribution in [0.1, 0.15) is 17.3 Å². The van der Waals surface area contributed by atoms with Gasteiger partial charge in [-0.1, -0.05) is 30.3 Å². The van der Waals surface area contributed by atoms with Gasteiger partial charge in [-0.2, -0.15) is 5.10 Å². The molecular formula is C21H17N5O2S. The first-order chi connectivity index (χ1) is 14.1. The maximum absolute atomic E-state index is 12.5. The molecule has 2 aromatic heterocycles. The van der Waals surface area contributed by atoms with Crippen molar-refractivity contribution in [2.24, 2.45) is 0 Å². The van der Waals surface area contributed by atoms with Crippen molar-refractivity contribution in [1.82, 2.24) is 14.8 Å². The van der Waals surface area contributed by atoms with E-state index >= 15 is 0 Å². The second kappa shape index (κ2) is 8.07. The molecule has 2 heterocycles. The van der Waals surface area contributed by atoms with Crippen LogP contribution < -0.4 is 10.6 Å². The molecule has 0 unspecified atom stereocenters. The minimum Gasteiger partial charge on any atom is -0.326 e. The topological polar surface area (TPSA) is 88.9 Å². The van der Waals surface area contributed by atoms with Gasteiger partial charge in [-0.15, -0.1) is 11.3 Å². The summed E-state index contributed by atoms with van der Waals surface area (Å²) in [6, 6.07) is 16.9. The van der Waals surface area contributed by atoms with Gasteiger partial charge in [0.15, 0.2) is 5.13 Å². The molecule has 0 spiro atoms. The molecule has 0 saturated heterocycles. The van der Waals surface area contributed by atoms with Crippen molar-refractivity contribution in [2.45, 2.75) is 6.92 Å². The highest BCUT2D eigenvalue weighted by atomic mass is 32.1. The fourth-order valence-electron chi connectivity index (χ4n) is 2.72. The number of aromatic nitrogens is 3. The van der Waals surface area contributed by atoms with E-state index in [0.717, 1.165) is 22.6 Å². The fourth-order valence-corrected chi connectivity index (χ4v) is 3.44. The number of benzene rings is 2. The van der Waals surface area contributed by atoms with E-state index in [1.165, 1.54) is 24.5 Å². The van der Waals surface area contributed by atoms with E-state index in [0.29, 0.717) is 10.7 Å². The molecular weight excluding hydrogens is 386 g/mol. The predicted molar refractivity (Wildman–Crippen MR) is 113 cm³/mol. The molecule has 2 amide bonds. The van der Waals surface area contributed by atoms with E-state index in [1.807, 2.05) is 60.0 Å². The van der Waals surface area contributed by atoms with Gasteiger partial charge in [-0.25, -0.2) is 9.67 Å². The summed E-state index contributed by atoms with van der Waals surface area (Å²) in [7, 11) is 0. The molecule has 8 heteroatoms. The minimum absolute atomic E-state index is 0.119. The molecule has 0 aliphatic heterocycles. The van der Waals surface area contributed by atoms with Crippen LogP contribution in [0.15, 0.2) is 72.4 Å². The highest BCUT2D eigenvalue weighted by Crippen LogP contribution is 2.26. The van der Waals surface area contributed by atoms with Gasteiger partial charge < -0.3 is 5.32 Å². The third kappa shape index (κ3) is 4.39. The van der Waals surface area contributed by atoms with Crippen molar-refractivity contribution in [3.8, 4) is 16.9 Å². The lowest BCUT2D eigenvalue weighted by Gasteiger charge is -2.03. The number of hydrogen-bond acceptors (Lipinski definition) is 5. The Morgan fingerprint density at radius 1 is 1.00 bits per heavy atom. The van der Waals surface area contributed by atoms with Gasteiger partial charge in [0.05, 0.1) is 23.1 Å². The second-order valence-electron chi connectivity index (χ2n) is 6.26. The molecule has 0 saturated carbocycles. The van der Waals surface area contributed by atoms with E-state index in [1.54, 1.807) is 10.9 Å². The summed E-state index contributed by atoms with van der Waals surface area (Å²) in [5.41, 5.74) is 3.70. The van der Waals surface area contributed by atoms with E-state index in [-0.39, 0.29) is 11.8 Å². The number of thiazole rings is 1. The number of amides is 2. The van der Waals surface area contributed by atoms with Crippen LogP contribution in [0.3, 0.4) is 0 Å². The Labute approximate surface area is 171 Å². The largest absolute Gasteiger partial charge is 0.326 e. The Morgan fingerprint density at radius 2 is 1.76 bits per heavy atom. The molecule has 2 aromatic carbocycles. The van der Waals surface area contributed by atoms with Crippen molar-refractivity contribution in [3.05, 3.63) is 77.9 Å². The van der Waals surface area contributed by atoms with Crippen LogP contribution in [0.2, 0.25) is 0 Å². The lowest BCUT2D eigenvalue weighted by molar-refractivity contribution is -0.114. The van der Waals surface area contributed by atoms with Crippen LogP contribution >= 0.6 is 11.3 Å². The smallest absolute Gasteiger partial charge is 0.260 e. The third-order valence-corrected chi connectivity index (χ3v) is 4.85. The molecule has 4 rings (SSSR count). The average Bonchev–Trinajstić information content (AvgIpc) is 3.39. The van der Waals surface area contributed by atoms with E-state index < -0.39 is 0 Å². The van der Waals surface area contributed by atoms with Crippen LogP contribution in [-0.2, 0) is 4.79 Å². The molecule has 7 nitrogen and oxygen atoms in total. The first-order valence-corrected chi connectivity index (χ1v) is 9.71. The molecule has 0 bridgehead atoms. The molecule has 0 radical (unpaired) electrons. The number of nitrogens with one attached hydrogen (secondary N) is 2. The summed E-state index contributed by atoms with van der Waals surface area (Å²) in [6.45, 7) is 1.47. The predicted octanol–water partition coefficient (Wildman–Crippen LogP) is 4.21. The summed E-state index contributed by atoms with van der Waals surface area (Å²) in [5.74, 6) is -0.388. The van der Waals surface area contributed by atoms with Crippen LogP contribution in [0.25, 0.3) is 16.9 Å². The first-order valence-electron chi connectivity index (χ1n) is 8.83. The van der Waals surface area contributed by atoms with Gasteiger partial charge in [0.1, 0.15) is 0 Å². The van der Waals surface area contributed by atoms with E-state index in [4.69, 9.17) is 0 Å². The number of carbonyl (C=O) groups is 2. The summed E-state index contributed by atoms with van der Waals surface area (Å²) in [6.07, 6.45) is 3.21. The van der Waals surface area contributed by atoms with Gasteiger partial charge in [0, 0.05) is 29.8 Å². The van der Waals surface area contributed by atoms with Crippen molar-refractivity contribution in [2.75, 3.05) is 10.6 Å². The summed E-state index contributed by atoms with van der Waals surface area (Å²) < 4.78 is 1.65. The Bertz CT molecular complexity index is 1150. The maximum atomic E-state index is 12.5. The fraction of sp³-hybridized carbons (Fsp3) is 0.0476. The Hall–Kier alpha value is -3.78. The summed E-state index contributed by atoms with van der Waals surface area (Å²) in [4.78, 5) is 28.1.